The van der Waals surface area contributed by atoms with Crippen molar-refractivity contribution in [1.82, 2.24) is 5.32 Å². The molecule has 0 amide bonds. The van der Waals surface area contributed by atoms with Crippen LogP contribution in [0.2, 0.25) is 0 Å². The molecule has 3 rings (SSSR count). The van der Waals surface area contributed by atoms with Crippen LogP contribution in [0.5, 0.6) is 0 Å². The van der Waals surface area contributed by atoms with Crippen LogP contribution < -0.4 is 5.32 Å². The highest BCUT2D eigenvalue weighted by Crippen LogP contribution is 2.46. The molecule has 1 unspecified atom stereocenters. The molecule has 1 heterocycles. The maximum absolute atomic E-state index is 14.1. The molecular weight excluding hydrogens is 528 g/mol. The van der Waals surface area contributed by atoms with Crippen LogP contribution in [0.4, 0.5) is 26.3 Å². The van der Waals surface area contributed by atoms with Crippen molar-refractivity contribution in [3.05, 3.63) is 59.2 Å². The lowest BCUT2D eigenvalue weighted by Crippen LogP contribution is -2.30. The minimum atomic E-state index is -5.08. The van der Waals surface area contributed by atoms with Crippen LogP contribution in [0.25, 0.3) is 11.1 Å². The van der Waals surface area contributed by atoms with E-state index in [0.29, 0.717) is 12.1 Å². The average molecular weight is 556 g/mol. The van der Waals surface area contributed by atoms with E-state index in [-0.39, 0.29) is 36.1 Å². The first-order chi connectivity index (χ1) is 17.0. The number of methoxy groups -OCH3 is 1. The van der Waals surface area contributed by atoms with Crippen LogP contribution in [0.1, 0.15) is 35.6 Å². The van der Waals surface area contributed by atoms with Gasteiger partial charge < -0.3 is 19.5 Å². The van der Waals surface area contributed by atoms with Gasteiger partial charge >= 0.3 is 18.3 Å². The molecule has 1 saturated heterocycles. The van der Waals surface area contributed by atoms with E-state index in [4.69, 9.17) is 9.47 Å². The second-order valence-corrected chi connectivity index (χ2v) is 8.46. The highest BCUT2D eigenvalue weighted by Gasteiger charge is 2.42. The number of benzene rings is 2. The van der Waals surface area contributed by atoms with Gasteiger partial charge in [0.25, 0.3) is 0 Å². The topological polar surface area (TPSA) is 56.8 Å². The molecule has 2 aromatic carbocycles. The standard InChI is InChI=1S/C25H27F6NO4.ClH/c1-34-22(33)15-35-14-21(36-13-16-7-9-32-10-8-16)18-11-19(24(26,27)28)23(17-5-3-2-4-6-17)20(12-18)25(29,30)31;/h2-6,11-12,16,21,32H,7-10,13-15H2,1H3;1H. The number of hydrogen-bond acceptors (Lipinski definition) is 5. The van der Waals surface area contributed by atoms with Crippen molar-refractivity contribution in [1.29, 1.82) is 0 Å². The Morgan fingerprint density at radius 3 is 2.08 bits per heavy atom. The van der Waals surface area contributed by atoms with Gasteiger partial charge in [0.2, 0.25) is 0 Å². The summed E-state index contributed by atoms with van der Waals surface area (Å²) in [6.07, 6.45) is -9.91. The summed E-state index contributed by atoms with van der Waals surface area (Å²) in [6.45, 7) is 0.639. The van der Waals surface area contributed by atoms with Gasteiger partial charge in [-0.3, -0.25) is 0 Å². The molecule has 0 radical (unpaired) electrons. The molecule has 0 aliphatic carbocycles. The third kappa shape index (κ3) is 8.59. The lowest BCUT2D eigenvalue weighted by atomic mass is 9.90. The summed E-state index contributed by atoms with van der Waals surface area (Å²) in [5.74, 6) is -0.652. The van der Waals surface area contributed by atoms with E-state index in [1.54, 1.807) is 0 Å². The summed E-state index contributed by atoms with van der Waals surface area (Å²) in [7, 11) is 1.13. The molecule has 1 aliphatic rings. The van der Waals surface area contributed by atoms with Gasteiger partial charge in [-0.15, -0.1) is 12.4 Å². The fraction of sp³-hybridized carbons (Fsp3) is 0.480. The number of rotatable bonds is 9. The number of piperidine rings is 1. The zero-order valence-electron chi connectivity index (χ0n) is 20.0. The number of hydrogen-bond donors (Lipinski definition) is 1. The molecule has 2 aromatic rings. The number of ether oxygens (including phenoxy) is 3. The lowest BCUT2D eigenvalue weighted by molar-refractivity contribution is -0.147. The molecule has 1 N–H and O–H groups in total. The smallest absolute Gasteiger partial charge is 0.417 e. The number of alkyl halides is 6. The van der Waals surface area contributed by atoms with Gasteiger partial charge in [-0.2, -0.15) is 26.3 Å². The Bertz CT molecular complexity index is 975. The number of halogens is 7. The molecule has 0 saturated carbocycles. The normalized spacial score (nSPS) is 15.6. The van der Waals surface area contributed by atoms with Crippen molar-refractivity contribution < 1.29 is 45.3 Å². The molecule has 0 aromatic heterocycles. The first-order valence-electron chi connectivity index (χ1n) is 11.3. The quantitative estimate of drug-likeness (QED) is 0.301. The van der Waals surface area contributed by atoms with Crippen LogP contribution in [0.15, 0.2) is 42.5 Å². The zero-order valence-corrected chi connectivity index (χ0v) is 20.8. The van der Waals surface area contributed by atoms with Crippen LogP contribution in [-0.4, -0.2) is 46.0 Å². The van der Waals surface area contributed by atoms with E-state index in [1.807, 2.05) is 0 Å². The second kappa shape index (κ2) is 13.5. The minimum absolute atomic E-state index is 0. The van der Waals surface area contributed by atoms with Crippen molar-refractivity contribution in [2.24, 2.45) is 5.92 Å². The fourth-order valence-electron chi connectivity index (χ4n) is 4.06. The summed E-state index contributed by atoms with van der Waals surface area (Å²) >= 11 is 0. The van der Waals surface area contributed by atoms with Crippen LogP contribution in [0, 0.1) is 5.92 Å². The van der Waals surface area contributed by atoms with Gasteiger partial charge in [0.15, 0.2) is 0 Å². The Labute approximate surface area is 216 Å². The van der Waals surface area contributed by atoms with E-state index in [0.717, 1.165) is 33.0 Å². The molecule has 1 fully saturated rings. The third-order valence-corrected chi connectivity index (χ3v) is 5.91. The van der Waals surface area contributed by atoms with E-state index in [1.165, 1.54) is 30.3 Å². The highest BCUT2D eigenvalue weighted by atomic mass is 35.5. The summed E-state index contributed by atoms with van der Waals surface area (Å²) in [5.41, 5.74) is -4.36. The largest absolute Gasteiger partial charge is 0.467 e. The molecule has 1 atom stereocenters. The Balaban J connectivity index is 0.00000481. The lowest BCUT2D eigenvalue weighted by Gasteiger charge is -2.27. The number of carbonyl (C=O) groups is 1. The molecule has 206 valence electrons. The number of esters is 1. The van der Waals surface area contributed by atoms with Crippen LogP contribution in [0.3, 0.4) is 0 Å². The SMILES string of the molecule is COC(=O)COCC(OCC1CCNCC1)c1cc(C(F)(F)F)c(-c2ccccc2)c(C(F)(F)F)c1.Cl. The Morgan fingerprint density at radius 2 is 1.57 bits per heavy atom. The average Bonchev–Trinajstić information content (AvgIpc) is 2.85. The Morgan fingerprint density at radius 1 is 1.00 bits per heavy atom. The van der Waals surface area contributed by atoms with Crippen molar-refractivity contribution in [2.75, 3.05) is 40.0 Å². The summed E-state index contributed by atoms with van der Waals surface area (Å²) in [4.78, 5) is 11.4. The molecule has 5 nitrogen and oxygen atoms in total. The van der Waals surface area contributed by atoms with Crippen molar-refractivity contribution in [2.45, 2.75) is 31.3 Å². The van der Waals surface area contributed by atoms with E-state index in [9.17, 15) is 31.1 Å². The van der Waals surface area contributed by atoms with Gasteiger partial charge in [-0.25, -0.2) is 4.79 Å². The van der Waals surface area contributed by atoms with Gasteiger partial charge in [-0.1, -0.05) is 30.3 Å². The van der Waals surface area contributed by atoms with Crippen LogP contribution in [-0.2, 0) is 31.4 Å². The monoisotopic (exact) mass is 555 g/mol. The van der Waals surface area contributed by atoms with Crippen molar-refractivity contribution >= 4 is 18.4 Å². The van der Waals surface area contributed by atoms with Gasteiger partial charge in [0.05, 0.1) is 31.5 Å². The maximum Gasteiger partial charge on any atom is 0.417 e. The van der Waals surface area contributed by atoms with E-state index < -0.39 is 54.3 Å². The van der Waals surface area contributed by atoms with Gasteiger partial charge in [0, 0.05) is 5.56 Å². The Hall–Kier alpha value is -2.34. The first-order valence-corrected chi connectivity index (χ1v) is 11.3. The van der Waals surface area contributed by atoms with Crippen molar-refractivity contribution in [3.63, 3.8) is 0 Å². The van der Waals surface area contributed by atoms with E-state index >= 15 is 0 Å². The third-order valence-electron chi connectivity index (χ3n) is 5.91. The molecule has 0 bridgehead atoms. The first kappa shape index (κ1) is 30.9. The molecule has 12 heteroatoms. The van der Waals surface area contributed by atoms with Gasteiger partial charge in [-0.05, 0) is 55.1 Å². The molecule has 1 aliphatic heterocycles. The minimum Gasteiger partial charge on any atom is -0.467 e. The molecular formula is C25H28ClF6NO4. The number of nitrogens with one attached hydrogen (secondary N) is 1. The predicted octanol–water partition coefficient (Wildman–Crippen LogP) is 6.06. The van der Waals surface area contributed by atoms with Gasteiger partial charge in [0.1, 0.15) is 12.7 Å². The van der Waals surface area contributed by atoms with Crippen molar-refractivity contribution in [3.8, 4) is 11.1 Å². The zero-order chi connectivity index (χ0) is 26.3. The Kier molecular flexibility index (Phi) is 11.2. The molecule has 37 heavy (non-hydrogen) atoms. The molecule has 0 spiro atoms. The second-order valence-electron chi connectivity index (χ2n) is 8.46. The summed E-state index contributed by atoms with van der Waals surface area (Å²) in [5, 5.41) is 3.18. The maximum atomic E-state index is 14.1. The summed E-state index contributed by atoms with van der Waals surface area (Å²) < 4.78 is 100. The van der Waals surface area contributed by atoms with Crippen LogP contribution >= 0.6 is 12.4 Å². The highest BCUT2D eigenvalue weighted by molar-refractivity contribution is 5.85. The predicted molar refractivity (Wildman–Crippen MR) is 126 cm³/mol. The fourth-order valence-corrected chi connectivity index (χ4v) is 4.06. The summed E-state index contributed by atoms with van der Waals surface area (Å²) in [6, 6.07) is 7.98. The number of carbonyl (C=O) groups excluding carboxylic acids is 1. The van der Waals surface area contributed by atoms with E-state index in [2.05, 4.69) is 10.1 Å².